The summed E-state index contributed by atoms with van der Waals surface area (Å²) in [7, 11) is -3.79. The van der Waals surface area contributed by atoms with E-state index in [9.17, 15) is 13.5 Å². The maximum atomic E-state index is 11.4. The van der Waals surface area contributed by atoms with Crippen molar-refractivity contribution in [2.75, 3.05) is 5.32 Å². The van der Waals surface area contributed by atoms with Gasteiger partial charge < -0.3 is 15.0 Å². The molecule has 37 heavy (non-hydrogen) atoms. The largest absolute Gasteiger partial charge is 0.493 e. The van der Waals surface area contributed by atoms with Gasteiger partial charge in [-0.15, -0.1) is 10.2 Å². The highest BCUT2D eigenvalue weighted by molar-refractivity contribution is 14.1. The first-order chi connectivity index (χ1) is 17.7. The number of aromatic nitrogens is 1. The van der Waals surface area contributed by atoms with Gasteiger partial charge in [0.05, 0.1) is 17.0 Å². The van der Waals surface area contributed by atoms with E-state index in [4.69, 9.17) is 17.4 Å². The van der Waals surface area contributed by atoms with E-state index in [0.29, 0.717) is 17.9 Å². The molecule has 1 heterocycles. The summed E-state index contributed by atoms with van der Waals surface area (Å²) in [5, 5.41) is 30.6. The highest BCUT2D eigenvalue weighted by Gasteiger charge is 2.18. The van der Waals surface area contributed by atoms with Gasteiger partial charge in [-0.25, -0.2) is 13.6 Å². The lowest BCUT2D eigenvalue weighted by Gasteiger charge is -2.10. The molecule has 0 bridgehead atoms. The van der Waals surface area contributed by atoms with Gasteiger partial charge in [-0.2, -0.15) is 0 Å². The number of sulfonamides is 1. The second-order valence-electron chi connectivity index (χ2n) is 8.26. The first-order valence-corrected chi connectivity index (χ1v) is 14.1. The molecule has 1 aromatic heterocycles. The molecule has 0 saturated heterocycles. The number of nitrogens with one attached hydrogen (secondary N) is 1. The fourth-order valence-electron chi connectivity index (χ4n) is 4.13. The Balaban J connectivity index is 1.47. The number of azo groups is 1. The van der Waals surface area contributed by atoms with Gasteiger partial charge in [-0.05, 0) is 93.6 Å². The van der Waals surface area contributed by atoms with Gasteiger partial charge in [0.2, 0.25) is 21.0 Å². The van der Waals surface area contributed by atoms with Gasteiger partial charge in [0.25, 0.3) is 0 Å². The third-order valence-electron chi connectivity index (χ3n) is 5.86. The Morgan fingerprint density at radius 1 is 1.00 bits per heavy atom. The molecule has 0 spiro atoms. The maximum absolute atomic E-state index is 11.4. The number of benzene rings is 4. The van der Waals surface area contributed by atoms with E-state index >= 15 is 0 Å². The van der Waals surface area contributed by atoms with Gasteiger partial charge >= 0.3 is 0 Å². The van der Waals surface area contributed by atoms with E-state index in [2.05, 4.69) is 56.3 Å². The van der Waals surface area contributed by atoms with Crippen LogP contribution in [0.2, 0.25) is 0 Å². The van der Waals surface area contributed by atoms with Crippen LogP contribution >= 0.6 is 34.8 Å². The van der Waals surface area contributed by atoms with Crippen molar-refractivity contribution in [3.05, 3.63) is 94.1 Å². The number of aromatic hydroxyl groups is 1. The van der Waals surface area contributed by atoms with Crippen molar-refractivity contribution >= 4 is 83.0 Å². The minimum Gasteiger partial charge on any atom is -0.493 e. The molecule has 0 atom stereocenters. The quantitative estimate of drug-likeness (QED) is 0.119. The lowest BCUT2D eigenvalue weighted by atomic mass is 10.0. The molecule has 0 aliphatic heterocycles. The topological polar surface area (TPSA) is 122 Å². The second kappa shape index (κ2) is 10.2. The summed E-state index contributed by atoms with van der Waals surface area (Å²) in [5.41, 5.74) is 2.71. The summed E-state index contributed by atoms with van der Waals surface area (Å²) in [6.07, 6.45) is 0. The molecule has 5 rings (SSSR count). The monoisotopic (exact) mass is 641 g/mol. The zero-order chi connectivity index (χ0) is 26.2. The minimum atomic E-state index is -3.79. The number of primary sulfonamides is 1. The number of halogens is 1. The third-order valence-corrected chi connectivity index (χ3v) is 7.64. The average Bonchev–Trinajstić information content (AvgIpc) is 3.12. The van der Waals surface area contributed by atoms with Crippen molar-refractivity contribution in [1.82, 2.24) is 4.57 Å². The van der Waals surface area contributed by atoms with Crippen LogP contribution in [0.15, 0.2) is 100 Å². The number of nitrogens with zero attached hydrogens (tertiary/aromatic N) is 3. The van der Waals surface area contributed by atoms with Crippen LogP contribution in [0.3, 0.4) is 0 Å². The van der Waals surface area contributed by atoms with E-state index in [1.165, 1.54) is 24.3 Å². The minimum absolute atomic E-state index is 0.0101. The van der Waals surface area contributed by atoms with Crippen LogP contribution in [0, 0.1) is 3.57 Å². The summed E-state index contributed by atoms with van der Waals surface area (Å²) in [4.78, 5) is -0.0101. The van der Waals surface area contributed by atoms with Crippen LogP contribution in [-0.2, 0) is 16.6 Å². The molecule has 0 amide bonds. The first kappa shape index (κ1) is 25.3. The second-order valence-corrected chi connectivity index (χ2v) is 11.5. The average molecular weight is 642 g/mol. The first-order valence-electron chi connectivity index (χ1n) is 11.0. The number of hydrogen-bond acceptors (Lipinski definition) is 5. The zero-order valence-corrected chi connectivity index (χ0v) is 23.0. The van der Waals surface area contributed by atoms with Crippen LogP contribution in [-0.4, -0.2) is 23.2 Å². The Morgan fingerprint density at radius 2 is 1.73 bits per heavy atom. The van der Waals surface area contributed by atoms with Crippen LogP contribution in [0.1, 0.15) is 5.56 Å². The van der Waals surface area contributed by atoms with E-state index in [1.54, 1.807) is 0 Å². The molecular weight excluding hydrogens is 621 g/mol. The molecule has 11 heteroatoms. The highest BCUT2D eigenvalue weighted by Crippen LogP contribution is 2.40. The summed E-state index contributed by atoms with van der Waals surface area (Å²) < 4.78 is 25.7. The molecule has 0 fully saturated rings. The molecular formula is C26H20IN5O3S2. The van der Waals surface area contributed by atoms with E-state index < -0.39 is 10.0 Å². The summed E-state index contributed by atoms with van der Waals surface area (Å²) in [6, 6.07) is 25.9. The van der Waals surface area contributed by atoms with E-state index in [-0.39, 0.29) is 15.9 Å². The maximum Gasteiger partial charge on any atom is 0.238 e. The summed E-state index contributed by atoms with van der Waals surface area (Å²) in [5.74, 6) is -0.0195. The predicted octanol–water partition coefficient (Wildman–Crippen LogP) is 6.28. The predicted molar refractivity (Wildman–Crippen MR) is 158 cm³/mol. The Kier molecular flexibility index (Phi) is 6.94. The molecule has 186 valence electrons. The Bertz CT molecular complexity index is 1790. The van der Waals surface area contributed by atoms with Crippen molar-refractivity contribution in [3.8, 4) is 5.88 Å². The van der Waals surface area contributed by atoms with E-state index in [0.717, 1.165) is 30.8 Å². The number of fused-ring (bicyclic) bond motifs is 2. The molecule has 0 radical (unpaired) electrons. The summed E-state index contributed by atoms with van der Waals surface area (Å²) >= 11 is 7.51. The molecule has 0 aliphatic carbocycles. The van der Waals surface area contributed by atoms with Gasteiger partial charge in [0.1, 0.15) is 0 Å². The van der Waals surface area contributed by atoms with Gasteiger partial charge in [0, 0.05) is 14.6 Å². The number of hydrogen-bond donors (Lipinski definition) is 3. The number of rotatable bonds is 5. The molecule has 0 unspecified atom stereocenters. The normalized spacial score (nSPS) is 11.9. The van der Waals surface area contributed by atoms with Crippen molar-refractivity contribution in [1.29, 1.82) is 0 Å². The van der Waals surface area contributed by atoms with Gasteiger partial charge in [-0.1, -0.05) is 42.5 Å². The zero-order valence-electron chi connectivity index (χ0n) is 19.2. The fourth-order valence-corrected chi connectivity index (χ4v) is 5.29. The SMILES string of the molecule is NS(=O)(=O)c1ccc(NC(=S)N=Nc2c(O)n(Cc3cccc4ccccc34)c3ccc(I)cc23)cc1. The molecule has 4 aromatic carbocycles. The third kappa shape index (κ3) is 5.34. The lowest BCUT2D eigenvalue weighted by Crippen LogP contribution is -2.12. The van der Waals surface area contributed by atoms with Crippen molar-refractivity contribution in [3.63, 3.8) is 0 Å². The van der Waals surface area contributed by atoms with Gasteiger partial charge in [-0.3, -0.25) is 0 Å². The Labute approximate surface area is 232 Å². The van der Waals surface area contributed by atoms with Crippen LogP contribution in [0.25, 0.3) is 21.7 Å². The van der Waals surface area contributed by atoms with Crippen molar-refractivity contribution < 1.29 is 13.5 Å². The molecule has 0 saturated carbocycles. The fraction of sp³-hybridized carbons (Fsp3) is 0.0385. The van der Waals surface area contributed by atoms with Crippen LogP contribution in [0.5, 0.6) is 5.88 Å². The number of nitrogens with two attached hydrogens (primary N) is 1. The molecule has 5 aromatic rings. The molecule has 8 nitrogen and oxygen atoms in total. The van der Waals surface area contributed by atoms with Crippen molar-refractivity contribution in [2.45, 2.75) is 11.4 Å². The van der Waals surface area contributed by atoms with Crippen molar-refractivity contribution in [2.24, 2.45) is 15.4 Å². The molecule has 0 aliphatic rings. The Morgan fingerprint density at radius 3 is 2.49 bits per heavy atom. The van der Waals surface area contributed by atoms with E-state index in [1.807, 2.05) is 47.0 Å². The van der Waals surface area contributed by atoms with Crippen LogP contribution < -0.4 is 10.5 Å². The number of anilines is 1. The lowest BCUT2D eigenvalue weighted by molar-refractivity contribution is 0.430. The Hall–Kier alpha value is -3.39. The van der Waals surface area contributed by atoms with Gasteiger partial charge in [0.15, 0.2) is 5.69 Å². The van der Waals surface area contributed by atoms with Crippen LogP contribution in [0.4, 0.5) is 11.4 Å². The summed E-state index contributed by atoms with van der Waals surface area (Å²) in [6.45, 7) is 0.443. The standard InChI is InChI=1S/C26H20IN5O3S2/c27-18-8-13-23-22(14-18)24(30-31-26(36)29-19-9-11-20(12-10-19)37(28,34)35)25(33)32(23)15-17-6-3-5-16-4-1-2-7-21(16)17/h1-14,33H,15H2,(H,29,36)(H2,28,34,35). The smallest absolute Gasteiger partial charge is 0.238 e. The number of thiocarbonyl (C=S) groups is 1. The highest BCUT2D eigenvalue weighted by atomic mass is 127. The molecule has 4 N–H and O–H groups in total.